The average molecular weight is 1680 g/mol. The molecule has 9 saturated heterocycles. The molecular weight excluding hydrogens is 1550 g/mol. The highest BCUT2D eigenvalue weighted by atomic mass is 16.5. The van der Waals surface area contributed by atoms with E-state index in [2.05, 4.69) is 85.6 Å². The lowest BCUT2D eigenvalue weighted by molar-refractivity contribution is 0.0535. The fourth-order valence-electron chi connectivity index (χ4n) is 20.2. The van der Waals surface area contributed by atoms with Gasteiger partial charge in [0.1, 0.15) is 18.3 Å². The Kier molecular flexibility index (Phi) is 29.7. The highest BCUT2D eigenvalue weighted by molar-refractivity contribution is 5.99. The highest BCUT2D eigenvalue weighted by Crippen LogP contribution is 2.42. The van der Waals surface area contributed by atoms with E-state index in [1.807, 2.05) is 84.0 Å². The van der Waals surface area contributed by atoms with E-state index in [4.69, 9.17) is 29.2 Å². The van der Waals surface area contributed by atoms with Crippen molar-refractivity contribution in [1.29, 1.82) is 0 Å². The smallest absolute Gasteiger partial charge is 0.255 e. The number of anilines is 3. The van der Waals surface area contributed by atoms with E-state index in [0.717, 1.165) is 243 Å². The summed E-state index contributed by atoms with van der Waals surface area (Å²) >= 11 is 0. The first-order valence-corrected chi connectivity index (χ1v) is 46.7. The maximum atomic E-state index is 13.6. The van der Waals surface area contributed by atoms with Gasteiger partial charge >= 0.3 is 0 Å². The van der Waals surface area contributed by atoms with Gasteiger partial charge in [-0.3, -0.25) is 28.8 Å². The van der Waals surface area contributed by atoms with Crippen molar-refractivity contribution in [3.8, 4) is 17.6 Å². The van der Waals surface area contributed by atoms with Crippen molar-refractivity contribution < 1.29 is 43.0 Å². The second-order valence-corrected chi connectivity index (χ2v) is 36.2. The third-order valence-corrected chi connectivity index (χ3v) is 27.3. The lowest BCUT2D eigenvalue weighted by atomic mass is 9.84. The number of nitrogens with one attached hydrogen (secondary N) is 6. The van der Waals surface area contributed by atoms with Gasteiger partial charge < -0.3 is 90.2 Å². The number of carbonyl (C=O) groups excluding carboxylic acids is 6. The SMILES string of the molecule is Cc1cc(C(=O)N2CCN(C(=O)c3cnc(O[C@H]4CCNC4)c(C4CCCCC4)c3)CC2)cc(N2CCNCC2)c1.Cc1cc(C(=O)N2CCN(C(=O)c3cnc(O[C@H]4CCNC4)c(C4CCCCC4)c3)CC2)cc(N2CCNCC2)c1.Cc1cc(C(=O)N2CCN(C(=O)c3cnc(O[C@H]4CCNC4)c(C4CCCCC4)c3)CC2)cc(N2CCNCC2)c1. The summed E-state index contributed by atoms with van der Waals surface area (Å²) in [5.41, 5.74) is 14.0. The van der Waals surface area contributed by atoms with E-state index in [-0.39, 0.29) is 53.8 Å². The molecule has 12 fully saturated rings. The first-order chi connectivity index (χ1) is 60.1. The molecule has 6 amide bonds. The summed E-state index contributed by atoms with van der Waals surface area (Å²) in [5.74, 6) is 3.40. The number of benzene rings is 3. The fourth-order valence-corrected chi connectivity index (χ4v) is 20.2. The van der Waals surface area contributed by atoms with Crippen molar-refractivity contribution in [2.24, 2.45) is 0 Å². The van der Waals surface area contributed by atoms with E-state index < -0.39 is 0 Å². The molecule has 3 aliphatic carbocycles. The van der Waals surface area contributed by atoms with Gasteiger partial charge in [-0.15, -0.1) is 0 Å². The quantitative estimate of drug-likeness (QED) is 0.0467. The number of nitrogens with zero attached hydrogens (tertiary/aromatic N) is 12. The normalized spacial score (nSPS) is 22.2. The van der Waals surface area contributed by atoms with Crippen LogP contribution in [0.5, 0.6) is 17.6 Å². The van der Waals surface area contributed by atoms with Gasteiger partial charge in [0.25, 0.3) is 35.4 Å². The maximum absolute atomic E-state index is 13.6. The third kappa shape index (κ3) is 22.2. The Balaban J connectivity index is 0.000000137. The maximum Gasteiger partial charge on any atom is 0.255 e. The van der Waals surface area contributed by atoms with Crippen LogP contribution in [0.2, 0.25) is 0 Å². The van der Waals surface area contributed by atoms with Gasteiger partial charge in [-0.1, -0.05) is 57.8 Å². The monoisotopic (exact) mass is 1680 g/mol. The molecule has 18 rings (SSSR count). The van der Waals surface area contributed by atoms with Gasteiger partial charge in [0.05, 0.1) is 16.7 Å². The summed E-state index contributed by atoms with van der Waals surface area (Å²) in [4.78, 5) is 114. The summed E-state index contributed by atoms with van der Waals surface area (Å²) < 4.78 is 19.0. The fraction of sp³-hybridized carbons (Fsp3) is 0.594. The molecule has 660 valence electrons. The second kappa shape index (κ2) is 42.0. The minimum absolute atomic E-state index is 0.00714. The first kappa shape index (κ1) is 87.0. The number of amides is 6. The number of piperazine rings is 6. The molecule has 12 heterocycles. The van der Waals surface area contributed by atoms with Crippen LogP contribution in [0.3, 0.4) is 0 Å². The molecule has 0 unspecified atom stereocenters. The highest BCUT2D eigenvalue weighted by Gasteiger charge is 2.36. The number of rotatable bonds is 18. The van der Waals surface area contributed by atoms with Gasteiger partial charge in [-0.05, 0) is 205 Å². The minimum Gasteiger partial charge on any atom is -0.473 e. The first-order valence-electron chi connectivity index (χ1n) is 46.7. The predicted octanol–water partition coefficient (Wildman–Crippen LogP) is 9.56. The number of pyridine rings is 3. The number of aromatic nitrogens is 3. The van der Waals surface area contributed by atoms with Crippen LogP contribution in [0, 0.1) is 20.8 Å². The van der Waals surface area contributed by atoms with Crippen molar-refractivity contribution in [1.82, 2.24) is 76.3 Å². The molecule has 3 saturated carbocycles. The van der Waals surface area contributed by atoms with Crippen LogP contribution in [-0.4, -0.2) is 294 Å². The Labute approximate surface area is 727 Å². The van der Waals surface area contributed by atoms with Gasteiger partial charge in [0.2, 0.25) is 17.6 Å². The molecule has 0 radical (unpaired) electrons. The Morgan fingerprint density at radius 2 is 0.504 bits per heavy atom. The van der Waals surface area contributed by atoms with Crippen molar-refractivity contribution in [3.05, 3.63) is 158 Å². The standard InChI is InChI=1S/3C32H44N6O3/c3*1-23-17-25(19-27(18-23)36-11-9-33-10-12-36)31(39)37-13-15-38(16-14-37)32(40)26-20-29(24-5-3-2-4-6-24)30(35-21-26)41-28-7-8-34-22-28/h3*17-21,24,28,33-34H,2-16,22H2,1H3/t3*28-/m000/s1. The Morgan fingerprint density at radius 1 is 0.268 bits per heavy atom. The molecule has 6 N–H and O–H groups in total. The lowest BCUT2D eigenvalue weighted by Gasteiger charge is -2.35. The summed E-state index contributed by atoms with van der Waals surface area (Å²) in [7, 11) is 0. The van der Waals surface area contributed by atoms with Gasteiger partial charge in [0.15, 0.2) is 0 Å². The lowest BCUT2D eigenvalue weighted by Crippen LogP contribution is -2.50. The number of hydrogen-bond donors (Lipinski definition) is 6. The zero-order valence-electron chi connectivity index (χ0n) is 73.1. The molecular formula is C96H132N18O9. The van der Waals surface area contributed by atoms with Crippen LogP contribution in [0.15, 0.2) is 91.4 Å². The van der Waals surface area contributed by atoms with E-state index in [1.54, 1.807) is 18.6 Å². The molecule has 6 aromatic rings. The van der Waals surface area contributed by atoms with Crippen molar-refractivity contribution in [3.63, 3.8) is 0 Å². The molecule has 9 aliphatic heterocycles. The second-order valence-electron chi connectivity index (χ2n) is 36.2. The van der Waals surface area contributed by atoms with Gasteiger partial charge in [-0.2, -0.15) is 0 Å². The summed E-state index contributed by atoms with van der Waals surface area (Å²) in [5, 5.41) is 20.2. The zero-order valence-corrected chi connectivity index (χ0v) is 73.1. The number of hydrogen-bond acceptors (Lipinski definition) is 21. The molecule has 3 atom stereocenters. The van der Waals surface area contributed by atoms with E-state index >= 15 is 0 Å². The zero-order chi connectivity index (χ0) is 84.5. The van der Waals surface area contributed by atoms with E-state index in [9.17, 15) is 28.8 Å². The van der Waals surface area contributed by atoms with E-state index in [0.29, 0.717) is 131 Å². The molecule has 27 heteroatoms. The van der Waals surface area contributed by atoms with Crippen LogP contribution in [0.1, 0.15) is 229 Å². The van der Waals surface area contributed by atoms with Crippen LogP contribution < -0.4 is 60.8 Å². The minimum atomic E-state index is -0.00714. The van der Waals surface area contributed by atoms with Crippen molar-refractivity contribution >= 4 is 52.5 Å². The predicted molar refractivity (Wildman–Crippen MR) is 480 cm³/mol. The molecule has 0 spiro atoms. The third-order valence-electron chi connectivity index (χ3n) is 27.3. The van der Waals surface area contributed by atoms with Crippen LogP contribution in [-0.2, 0) is 0 Å². The molecule has 3 aromatic carbocycles. The molecule has 0 bridgehead atoms. The molecule has 27 nitrogen and oxygen atoms in total. The molecule has 12 aliphatic rings. The van der Waals surface area contributed by atoms with Crippen molar-refractivity contribution in [2.45, 2.75) is 172 Å². The number of aryl methyl sites for hydroxylation is 3. The number of ether oxygens (including phenoxy) is 3. The van der Waals surface area contributed by atoms with Gasteiger partial charge in [-0.25, -0.2) is 15.0 Å². The van der Waals surface area contributed by atoms with Crippen LogP contribution in [0.25, 0.3) is 0 Å². The van der Waals surface area contributed by atoms with Crippen LogP contribution in [0.4, 0.5) is 17.1 Å². The van der Waals surface area contributed by atoms with E-state index in [1.165, 1.54) is 57.8 Å². The summed E-state index contributed by atoms with van der Waals surface area (Å²) in [6.07, 6.45) is 26.2. The topological polar surface area (TPSA) is 270 Å². The Hall–Kier alpha value is -9.51. The van der Waals surface area contributed by atoms with Gasteiger partial charge in [0, 0.05) is 246 Å². The van der Waals surface area contributed by atoms with Crippen molar-refractivity contribution in [2.75, 3.05) is 211 Å². The average Bonchev–Trinajstić information content (AvgIpc) is 1.57. The van der Waals surface area contributed by atoms with Crippen LogP contribution >= 0.6 is 0 Å². The Bertz CT molecular complexity index is 4130. The Morgan fingerprint density at radius 3 is 0.732 bits per heavy atom. The largest absolute Gasteiger partial charge is 0.473 e. The molecule has 3 aromatic heterocycles. The summed E-state index contributed by atoms with van der Waals surface area (Å²) in [6, 6.07) is 24.7. The number of carbonyl (C=O) groups is 6. The summed E-state index contributed by atoms with van der Waals surface area (Å²) in [6.45, 7) is 29.3. The molecule has 123 heavy (non-hydrogen) atoms.